The van der Waals surface area contributed by atoms with Crippen LogP contribution in [0.25, 0.3) is 0 Å². The summed E-state index contributed by atoms with van der Waals surface area (Å²) in [4.78, 5) is 2.55. The second kappa shape index (κ2) is 7.63. The van der Waals surface area contributed by atoms with Gasteiger partial charge >= 0.3 is 0 Å². The Morgan fingerprint density at radius 2 is 2.11 bits per heavy atom. The van der Waals surface area contributed by atoms with Crippen LogP contribution in [0.5, 0.6) is 0 Å². The molecule has 0 amide bonds. The molecule has 0 spiro atoms. The van der Waals surface area contributed by atoms with E-state index < -0.39 is 0 Å². The van der Waals surface area contributed by atoms with Gasteiger partial charge < -0.3 is 5.32 Å². The predicted molar refractivity (Wildman–Crippen MR) is 87.9 cm³/mol. The zero-order chi connectivity index (χ0) is 13.0. The highest BCUT2D eigenvalue weighted by atomic mass is 79.9. The number of rotatable bonds is 5. The fraction of sp³-hybridized carbons (Fsp3) is 0.600. The smallest absolute Gasteiger partial charge is 0.0245 e. The van der Waals surface area contributed by atoms with E-state index in [9.17, 15) is 0 Å². The molecule has 2 nitrogen and oxygen atoms in total. The molecule has 0 saturated carbocycles. The summed E-state index contributed by atoms with van der Waals surface area (Å²) in [5.74, 6) is 0. The van der Waals surface area contributed by atoms with Crippen molar-refractivity contribution in [1.29, 1.82) is 0 Å². The molecule has 1 N–H and O–H groups in total. The van der Waals surface area contributed by atoms with Gasteiger partial charge in [0.15, 0.2) is 0 Å². The quantitative estimate of drug-likeness (QED) is 0.874. The van der Waals surface area contributed by atoms with Crippen LogP contribution in [-0.4, -0.2) is 31.1 Å². The standard InChI is InChI=1S/C15H23BrN2.ClH/c1-3-18(12-15(2)8-9-17-11-15)10-13-6-4-5-7-14(13)16;/h4-7,17H,3,8-12H2,1-2H3;1H. The fourth-order valence-electron chi connectivity index (χ4n) is 2.69. The average Bonchev–Trinajstić information content (AvgIpc) is 2.78. The summed E-state index contributed by atoms with van der Waals surface area (Å²) < 4.78 is 1.22. The van der Waals surface area contributed by atoms with Crippen LogP contribution >= 0.6 is 28.3 Å². The maximum Gasteiger partial charge on any atom is 0.0245 e. The van der Waals surface area contributed by atoms with Gasteiger partial charge in [-0.3, -0.25) is 4.90 Å². The van der Waals surface area contributed by atoms with Crippen LogP contribution in [0, 0.1) is 5.41 Å². The molecule has 1 fully saturated rings. The molecule has 0 bridgehead atoms. The summed E-state index contributed by atoms with van der Waals surface area (Å²) in [5.41, 5.74) is 1.82. The second-order valence-corrected chi connectivity index (χ2v) is 6.49. The maximum absolute atomic E-state index is 3.64. The number of hydrogen-bond donors (Lipinski definition) is 1. The van der Waals surface area contributed by atoms with Gasteiger partial charge in [0.1, 0.15) is 0 Å². The molecule has 1 aliphatic heterocycles. The van der Waals surface area contributed by atoms with Gasteiger partial charge in [-0.1, -0.05) is 48.0 Å². The zero-order valence-corrected chi connectivity index (χ0v) is 14.2. The Labute approximate surface area is 131 Å². The average molecular weight is 348 g/mol. The first kappa shape index (κ1) is 17.0. The van der Waals surface area contributed by atoms with Crippen molar-refractivity contribution in [3.63, 3.8) is 0 Å². The van der Waals surface area contributed by atoms with Gasteiger partial charge in [0, 0.05) is 24.1 Å². The number of halogens is 2. The Balaban J connectivity index is 0.00000180. The lowest BCUT2D eigenvalue weighted by molar-refractivity contribution is 0.178. The molecule has 1 saturated heterocycles. The van der Waals surface area contributed by atoms with E-state index in [1.165, 1.54) is 29.5 Å². The Morgan fingerprint density at radius 1 is 1.37 bits per heavy atom. The molecule has 19 heavy (non-hydrogen) atoms. The third-order valence-electron chi connectivity index (χ3n) is 3.86. The van der Waals surface area contributed by atoms with Crippen LogP contribution in [0.15, 0.2) is 28.7 Å². The van der Waals surface area contributed by atoms with Gasteiger partial charge in [-0.25, -0.2) is 0 Å². The summed E-state index contributed by atoms with van der Waals surface area (Å²) in [7, 11) is 0. The van der Waals surface area contributed by atoms with Crippen molar-refractivity contribution in [3.05, 3.63) is 34.3 Å². The van der Waals surface area contributed by atoms with Crippen LogP contribution in [0.3, 0.4) is 0 Å². The van der Waals surface area contributed by atoms with Crippen molar-refractivity contribution in [2.75, 3.05) is 26.2 Å². The van der Waals surface area contributed by atoms with Crippen molar-refractivity contribution in [1.82, 2.24) is 10.2 Å². The minimum absolute atomic E-state index is 0. The minimum atomic E-state index is 0. The normalized spacial score (nSPS) is 22.5. The van der Waals surface area contributed by atoms with Gasteiger partial charge in [-0.05, 0) is 36.6 Å². The predicted octanol–water partition coefficient (Wildman–Crippen LogP) is 3.69. The molecule has 1 heterocycles. The van der Waals surface area contributed by atoms with Crippen molar-refractivity contribution in [2.45, 2.75) is 26.8 Å². The minimum Gasteiger partial charge on any atom is -0.316 e. The molecule has 0 radical (unpaired) electrons. The van der Waals surface area contributed by atoms with Crippen molar-refractivity contribution < 1.29 is 0 Å². The summed E-state index contributed by atoms with van der Waals surface area (Å²) >= 11 is 3.64. The topological polar surface area (TPSA) is 15.3 Å². The first-order valence-electron chi connectivity index (χ1n) is 6.79. The van der Waals surface area contributed by atoms with Crippen LogP contribution in [0.1, 0.15) is 25.8 Å². The third kappa shape index (κ3) is 4.75. The summed E-state index contributed by atoms with van der Waals surface area (Å²) in [6, 6.07) is 8.53. The van der Waals surface area contributed by atoms with E-state index in [1.807, 2.05) is 0 Å². The largest absolute Gasteiger partial charge is 0.316 e. The molecule has 4 heteroatoms. The van der Waals surface area contributed by atoms with Crippen LogP contribution < -0.4 is 5.32 Å². The number of hydrogen-bond acceptors (Lipinski definition) is 2. The highest BCUT2D eigenvalue weighted by Gasteiger charge is 2.30. The molecule has 0 aliphatic carbocycles. The van der Waals surface area contributed by atoms with Crippen LogP contribution in [-0.2, 0) is 6.54 Å². The van der Waals surface area contributed by atoms with Gasteiger partial charge in [0.25, 0.3) is 0 Å². The Kier molecular flexibility index (Phi) is 6.81. The number of benzene rings is 1. The Bertz CT molecular complexity index is 391. The molecule has 108 valence electrons. The van der Waals surface area contributed by atoms with Gasteiger partial charge in [0.2, 0.25) is 0 Å². The molecule has 1 atom stereocenters. The Hall–Kier alpha value is -0.0900. The maximum atomic E-state index is 3.64. The highest BCUT2D eigenvalue weighted by Crippen LogP contribution is 2.27. The fourth-order valence-corrected chi connectivity index (χ4v) is 3.10. The molecule has 0 aromatic heterocycles. The van der Waals surface area contributed by atoms with Crippen molar-refractivity contribution in [2.24, 2.45) is 5.41 Å². The first-order valence-corrected chi connectivity index (χ1v) is 7.59. The zero-order valence-electron chi connectivity index (χ0n) is 11.8. The van der Waals surface area contributed by atoms with E-state index >= 15 is 0 Å². The van der Waals surface area contributed by atoms with Gasteiger partial charge in [-0.2, -0.15) is 0 Å². The van der Waals surface area contributed by atoms with E-state index in [0.29, 0.717) is 5.41 Å². The summed E-state index contributed by atoms with van der Waals surface area (Å²) in [6.45, 7) is 10.3. The molecule has 1 aliphatic rings. The van der Waals surface area contributed by atoms with Crippen LogP contribution in [0.4, 0.5) is 0 Å². The van der Waals surface area contributed by atoms with Crippen molar-refractivity contribution >= 4 is 28.3 Å². The van der Waals surface area contributed by atoms with E-state index in [0.717, 1.165) is 19.6 Å². The van der Waals surface area contributed by atoms with E-state index in [1.54, 1.807) is 0 Å². The van der Waals surface area contributed by atoms with E-state index in [-0.39, 0.29) is 12.4 Å². The SMILES string of the molecule is CCN(Cc1ccccc1Br)CC1(C)CCNC1.Cl. The highest BCUT2D eigenvalue weighted by molar-refractivity contribution is 9.10. The van der Waals surface area contributed by atoms with Crippen molar-refractivity contribution in [3.8, 4) is 0 Å². The second-order valence-electron chi connectivity index (χ2n) is 5.63. The van der Waals surface area contributed by atoms with Gasteiger partial charge in [-0.15, -0.1) is 12.4 Å². The Morgan fingerprint density at radius 3 is 2.68 bits per heavy atom. The molecule has 2 rings (SSSR count). The molecule has 1 aromatic carbocycles. The van der Waals surface area contributed by atoms with Gasteiger partial charge in [0.05, 0.1) is 0 Å². The van der Waals surface area contributed by atoms with E-state index in [2.05, 4.69) is 64.3 Å². The molecular weight excluding hydrogens is 324 g/mol. The molecule has 1 unspecified atom stereocenters. The molecular formula is C15H24BrClN2. The van der Waals surface area contributed by atoms with Crippen LogP contribution in [0.2, 0.25) is 0 Å². The lowest BCUT2D eigenvalue weighted by atomic mass is 9.89. The monoisotopic (exact) mass is 346 g/mol. The lowest BCUT2D eigenvalue weighted by Gasteiger charge is -2.31. The molecule has 1 aromatic rings. The summed E-state index contributed by atoms with van der Waals surface area (Å²) in [5, 5.41) is 3.48. The first-order chi connectivity index (χ1) is 8.63. The number of nitrogens with zero attached hydrogens (tertiary/aromatic N) is 1. The van der Waals surface area contributed by atoms with E-state index in [4.69, 9.17) is 0 Å². The lowest BCUT2D eigenvalue weighted by Crippen LogP contribution is -2.37. The summed E-state index contributed by atoms with van der Waals surface area (Å²) in [6.07, 6.45) is 1.29. The third-order valence-corrected chi connectivity index (χ3v) is 4.64. The number of nitrogens with one attached hydrogen (secondary N) is 1.